The first kappa shape index (κ1) is 17.1. The standard InChI is InChI=1S/C24H19N5/c1-29-23-8-3-2-7-21(23)28-24(29)18-5-4-6-20(15-18)27-19-11-9-17(10-12-19)22-16-25-13-14-26-22/h2-16,27H,1H3. The quantitative estimate of drug-likeness (QED) is 0.453. The fraction of sp³-hybridized carbons (Fsp3) is 0.0417. The van der Waals surface area contributed by atoms with Crippen LogP contribution in [0.15, 0.2) is 91.4 Å². The number of anilines is 2. The van der Waals surface area contributed by atoms with Gasteiger partial charge in [-0.2, -0.15) is 0 Å². The lowest BCUT2D eigenvalue weighted by Gasteiger charge is -2.09. The van der Waals surface area contributed by atoms with E-state index >= 15 is 0 Å². The number of hydrogen-bond acceptors (Lipinski definition) is 4. The number of aryl methyl sites for hydroxylation is 1. The van der Waals surface area contributed by atoms with Gasteiger partial charge >= 0.3 is 0 Å². The minimum absolute atomic E-state index is 0.864. The highest BCUT2D eigenvalue weighted by atomic mass is 15.1. The van der Waals surface area contributed by atoms with Crippen LogP contribution >= 0.6 is 0 Å². The van der Waals surface area contributed by atoms with Crippen LogP contribution in [0, 0.1) is 0 Å². The van der Waals surface area contributed by atoms with E-state index in [0.29, 0.717) is 0 Å². The molecule has 0 aliphatic heterocycles. The Kier molecular flexibility index (Phi) is 4.26. The lowest BCUT2D eigenvalue weighted by Crippen LogP contribution is -1.95. The van der Waals surface area contributed by atoms with E-state index in [-0.39, 0.29) is 0 Å². The zero-order valence-electron chi connectivity index (χ0n) is 15.9. The molecule has 5 nitrogen and oxygen atoms in total. The van der Waals surface area contributed by atoms with E-state index in [2.05, 4.69) is 51.2 Å². The average Bonchev–Trinajstić information content (AvgIpc) is 3.12. The fourth-order valence-electron chi connectivity index (χ4n) is 3.48. The Morgan fingerprint density at radius 2 is 1.66 bits per heavy atom. The summed E-state index contributed by atoms with van der Waals surface area (Å²) in [5, 5.41) is 3.47. The molecule has 1 N–H and O–H groups in total. The first-order chi connectivity index (χ1) is 14.3. The highest BCUT2D eigenvalue weighted by Gasteiger charge is 2.10. The van der Waals surface area contributed by atoms with Crippen LogP contribution in [0.25, 0.3) is 33.7 Å². The number of hydrogen-bond donors (Lipinski definition) is 1. The Hall–Kier alpha value is -3.99. The van der Waals surface area contributed by atoms with Crippen molar-refractivity contribution in [3.05, 3.63) is 91.4 Å². The molecule has 140 valence electrons. The molecule has 0 saturated heterocycles. The van der Waals surface area contributed by atoms with E-state index in [0.717, 1.165) is 45.1 Å². The molecule has 0 radical (unpaired) electrons. The molecule has 0 bridgehead atoms. The highest BCUT2D eigenvalue weighted by molar-refractivity contribution is 5.81. The number of nitrogens with zero attached hydrogens (tertiary/aromatic N) is 4. The topological polar surface area (TPSA) is 55.6 Å². The van der Waals surface area contributed by atoms with Gasteiger partial charge in [0.15, 0.2) is 0 Å². The summed E-state index contributed by atoms with van der Waals surface area (Å²) in [6.45, 7) is 0. The minimum atomic E-state index is 0.864. The number of para-hydroxylation sites is 2. The SMILES string of the molecule is Cn1c(-c2cccc(Nc3ccc(-c4cnccn4)cc3)c2)nc2ccccc21. The van der Waals surface area contributed by atoms with Gasteiger partial charge in [0.1, 0.15) is 5.82 Å². The average molecular weight is 377 g/mol. The summed E-state index contributed by atoms with van der Waals surface area (Å²) in [6.07, 6.45) is 5.15. The van der Waals surface area contributed by atoms with Crippen LogP contribution in [-0.2, 0) is 7.05 Å². The number of nitrogens with one attached hydrogen (secondary N) is 1. The van der Waals surface area contributed by atoms with Gasteiger partial charge in [-0.15, -0.1) is 0 Å². The van der Waals surface area contributed by atoms with Crippen molar-refractivity contribution < 1.29 is 0 Å². The van der Waals surface area contributed by atoms with Crippen LogP contribution < -0.4 is 5.32 Å². The van der Waals surface area contributed by atoms with Gasteiger partial charge in [-0.05, 0) is 36.4 Å². The first-order valence-electron chi connectivity index (χ1n) is 9.43. The van der Waals surface area contributed by atoms with Crippen LogP contribution in [0.5, 0.6) is 0 Å². The smallest absolute Gasteiger partial charge is 0.140 e. The van der Waals surface area contributed by atoms with Gasteiger partial charge in [0, 0.05) is 41.9 Å². The van der Waals surface area contributed by atoms with E-state index < -0.39 is 0 Å². The minimum Gasteiger partial charge on any atom is -0.356 e. The van der Waals surface area contributed by atoms with Crippen molar-refractivity contribution in [1.29, 1.82) is 0 Å². The second kappa shape index (κ2) is 7.20. The molecule has 29 heavy (non-hydrogen) atoms. The van der Waals surface area contributed by atoms with Crippen molar-refractivity contribution in [2.24, 2.45) is 7.05 Å². The number of aromatic nitrogens is 4. The summed E-state index contributed by atoms with van der Waals surface area (Å²) in [5.74, 6) is 0.952. The van der Waals surface area contributed by atoms with Crippen LogP contribution in [-0.4, -0.2) is 19.5 Å². The summed E-state index contributed by atoms with van der Waals surface area (Å²) in [7, 11) is 2.05. The molecule has 0 unspecified atom stereocenters. The number of benzene rings is 3. The van der Waals surface area contributed by atoms with Crippen LogP contribution in [0.1, 0.15) is 0 Å². The van der Waals surface area contributed by atoms with Gasteiger partial charge in [-0.1, -0.05) is 36.4 Å². The van der Waals surface area contributed by atoms with Gasteiger partial charge in [0.2, 0.25) is 0 Å². The normalized spacial score (nSPS) is 10.9. The molecule has 0 amide bonds. The summed E-state index contributed by atoms with van der Waals surface area (Å²) in [5.41, 5.74) is 7.13. The summed E-state index contributed by atoms with van der Waals surface area (Å²) < 4.78 is 2.13. The Labute approximate surface area is 168 Å². The van der Waals surface area contributed by atoms with Gasteiger partial charge in [0.25, 0.3) is 0 Å². The third kappa shape index (κ3) is 3.34. The Morgan fingerprint density at radius 3 is 2.45 bits per heavy atom. The Balaban J connectivity index is 1.42. The molecule has 5 aromatic rings. The van der Waals surface area contributed by atoms with Gasteiger partial charge < -0.3 is 9.88 Å². The van der Waals surface area contributed by atoms with Crippen molar-refractivity contribution in [1.82, 2.24) is 19.5 Å². The summed E-state index contributed by atoms with van der Waals surface area (Å²) >= 11 is 0. The number of fused-ring (bicyclic) bond motifs is 1. The maximum absolute atomic E-state index is 4.80. The first-order valence-corrected chi connectivity index (χ1v) is 9.43. The largest absolute Gasteiger partial charge is 0.356 e. The molecular weight excluding hydrogens is 358 g/mol. The van der Waals surface area contributed by atoms with Gasteiger partial charge in [-0.25, -0.2) is 4.98 Å². The zero-order valence-corrected chi connectivity index (χ0v) is 15.9. The molecule has 3 aromatic carbocycles. The molecule has 2 heterocycles. The van der Waals surface area contributed by atoms with Crippen molar-refractivity contribution in [3.63, 3.8) is 0 Å². The summed E-state index contributed by atoms with van der Waals surface area (Å²) in [4.78, 5) is 13.3. The zero-order chi connectivity index (χ0) is 19.6. The summed E-state index contributed by atoms with van der Waals surface area (Å²) in [6, 6.07) is 24.7. The lowest BCUT2D eigenvalue weighted by atomic mass is 10.1. The highest BCUT2D eigenvalue weighted by Crippen LogP contribution is 2.27. The maximum Gasteiger partial charge on any atom is 0.140 e. The van der Waals surface area contributed by atoms with Crippen LogP contribution in [0.4, 0.5) is 11.4 Å². The number of imidazole rings is 1. The van der Waals surface area contributed by atoms with E-state index in [4.69, 9.17) is 4.98 Å². The molecule has 0 saturated carbocycles. The number of rotatable bonds is 4. The predicted molar refractivity (Wildman–Crippen MR) is 117 cm³/mol. The van der Waals surface area contributed by atoms with E-state index in [1.807, 2.05) is 48.5 Å². The van der Waals surface area contributed by atoms with Gasteiger partial charge in [-0.3, -0.25) is 9.97 Å². The fourth-order valence-corrected chi connectivity index (χ4v) is 3.48. The second-order valence-corrected chi connectivity index (χ2v) is 6.86. The monoisotopic (exact) mass is 377 g/mol. The molecular formula is C24H19N5. The van der Waals surface area contributed by atoms with Crippen molar-refractivity contribution in [2.75, 3.05) is 5.32 Å². The predicted octanol–water partition coefficient (Wildman–Crippen LogP) is 5.44. The van der Waals surface area contributed by atoms with E-state index in [9.17, 15) is 0 Å². The lowest BCUT2D eigenvalue weighted by molar-refractivity contribution is 0.959. The molecule has 0 fully saturated rings. The van der Waals surface area contributed by atoms with Crippen molar-refractivity contribution >= 4 is 22.4 Å². The third-order valence-corrected chi connectivity index (χ3v) is 4.94. The Bertz CT molecular complexity index is 1270. The molecule has 5 heteroatoms. The van der Waals surface area contributed by atoms with E-state index in [1.165, 1.54) is 0 Å². The van der Waals surface area contributed by atoms with Gasteiger partial charge in [0.05, 0.1) is 22.9 Å². The van der Waals surface area contributed by atoms with Crippen LogP contribution in [0.3, 0.4) is 0 Å². The van der Waals surface area contributed by atoms with Crippen LogP contribution in [0.2, 0.25) is 0 Å². The van der Waals surface area contributed by atoms with E-state index in [1.54, 1.807) is 18.6 Å². The molecule has 2 aromatic heterocycles. The third-order valence-electron chi connectivity index (χ3n) is 4.94. The molecule has 0 aliphatic carbocycles. The van der Waals surface area contributed by atoms with Crippen molar-refractivity contribution in [3.8, 4) is 22.6 Å². The molecule has 0 atom stereocenters. The molecule has 0 spiro atoms. The Morgan fingerprint density at radius 1 is 0.793 bits per heavy atom. The maximum atomic E-state index is 4.80. The second-order valence-electron chi connectivity index (χ2n) is 6.86. The van der Waals surface area contributed by atoms with Crippen molar-refractivity contribution in [2.45, 2.75) is 0 Å². The molecule has 0 aliphatic rings. The molecule has 5 rings (SSSR count).